The normalized spacial score (nSPS) is 13.5. The zero-order valence-corrected chi connectivity index (χ0v) is 47.5. The molecule has 0 amide bonds. The second-order valence-electron chi connectivity index (χ2n) is 18.4. The highest BCUT2D eigenvalue weighted by molar-refractivity contribution is 5.71. The van der Waals surface area contributed by atoms with Crippen molar-refractivity contribution in [3.8, 4) is 0 Å². The lowest BCUT2D eigenvalue weighted by molar-refractivity contribution is -0.167. The van der Waals surface area contributed by atoms with Crippen molar-refractivity contribution in [3.05, 3.63) is 182 Å². The van der Waals surface area contributed by atoms with Crippen LogP contribution >= 0.6 is 0 Å². The number of ether oxygens (including phenoxy) is 3. The Hall–Kier alpha value is -5.49. The number of rotatable bonds is 50. The van der Waals surface area contributed by atoms with Gasteiger partial charge < -0.3 is 14.2 Å². The van der Waals surface area contributed by atoms with Crippen molar-refractivity contribution in [1.82, 2.24) is 0 Å². The van der Waals surface area contributed by atoms with E-state index in [-0.39, 0.29) is 44.0 Å². The molecule has 0 N–H and O–H groups in total. The summed E-state index contributed by atoms with van der Waals surface area (Å²) in [5.41, 5.74) is 0. The first kappa shape index (κ1) is 69.5. The zero-order chi connectivity index (χ0) is 54.3. The Bertz CT molecular complexity index is 1800. The van der Waals surface area contributed by atoms with E-state index in [9.17, 15) is 14.4 Å². The molecule has 75 heavy (non-hydrogen) atoms. The van der Waals surface area contributed by atoms with Crippen LogP contribution in [0.15, 0.2) is 182 Å². The minimum atomic E-state index is -0.840. The van der Waals surface area contributed by atoms with Crippen LogP contribution in [0.25, 0.3) is 0 Å². The minimum Gasteiger partial charge on any atom is -0.462 e. The maximum Gasteiger partial charge on any atom is 0.306 e. The van der Waals surface area contributed by atoms with Crippen molar-refractivity contribution >= 4 is 17.9 Å². The summed E-state index contributed by atoms with van der Waals surface area (Å²) in [6, 6.07) is 0. The SMILES string of the molecule is CC/C=C\C/C=C\C/C=C\C/C=C\C/C=C\C/C=C\C/C=C\C/C=C\C/C=C\CCCC(=O)OCC(COC(=O)CCCCCCC/C=C\C/C=C\CCC)OC(=O)CCCC/C=C\C/C=C\C/C=C\C/C=C\CC. The van der Waals surface area contributed by atoms with Crippen molar-refractivity contribution in [2.24, 2.45) is 0 Å². The number of allylic oxidation sites excluding steroid dienone is 30. The molecule has 1 unspecified atom stereocenters. The van der Waals surface area contributed by atoms with E-state index in [2.05, 4.69) is 203 Å². The van der Waals surface area contributed by atoms with Gasteiger partial charge in [-0.1, -0.05) is 229 Å². The number of hydrogen-bond acceptors (Lipinski definition) is 6. The Morgan fingerprint density at radius 1 is 0.280 bits per heavy atom. The quantitative estimate of drug-likeness (QED) is 0.0261. The van der Waals surface area contributed by atoms with Crippen LogP contribution in [-0.2, 0) is 28.6 Å². The predicted molar refractivity (Wildman–Crippen MR) is 324 cm³/mol. The summed E-state index contributed by atoms with van der Waals surface area (Å²) in [5.74, 6) is -1.06. The fourth-order valence-corrected chi connectivity index (χ4v) is 7.06. The first-order valence-corrected chi connectivity index (χ1v) is 29.3. The molecule has 0 saturated heterocycles. The Morgan fingerprint density at radius 3 is 0.893 bits per heavy atom. The molecule has 1 atom stereocenters. The third kappa shape index (κ3) is 59.3. The number of unbranched alkanes of at least 4 members (excludes halogenated alkanes) is 9. The predicted octanol–water partition coefficient (Wildman–Crippen LogP) is 20.1. The average Bonchev–Trinajstić information content (AvgIpc) is 3.41. The molecule has 0 bridgehead atoms. The summed E-state index contributed by atoms with van der Waals surface area (Å²) in [4.78, 5) is 38.1. The van der Waals surface area contributed by atoms with Gasteiger partial charge in [-0.2, -0.15) is 0 Å². The smallest absolute Gasteiger partial charge is 0.306 e. The maximum atomic E-state index is 12.8. The fraction of sp³-hybridized carbons (Fsp3) is 0.522. The van der Waals surface area contributed by atoms with Gasteiger partial charge in [-0.3, -0.25) is 14.4 Å². The van der Waals surface area contributed by atoms with Gasteiger partial charge in [0.15, 0.2) is 6.10 Å². The molecule has 416 valence electrons. The van der Waals surface area contributed by atoms with Crippen molar-refractivity contribution in [2.75, 3.05) is 13.2 Å². The molecule has 0 aromatic rings. The molecule has 0 aliphatic heterocycles. The van der Waals surface area contributed by atoms with Crippen LogP contribution in [0.3, 0.4) is 0 Å². The molecular formula is C69H104O6. The van der Waals surface area contributed by atoms with Gasteiger partial charge in [-0.05, 0) is 148 Å². The van der Waals surface area contributed by atoms with Crippen LogP contribution in [-0.4, -0.2) is 37.2 Å². The lowest BCUT2D eigenvalue weighted by Gasteiger charge is -2.18. The number of carbonyl (C=O) groups excluding carboxylic acids is 3. The highest BCUT2D eigenvalue weighted by atomic mass is 16.6. The summed E-state index contributed by atoms with van der Waals surface area (Å²) in [5, 5.41) is 0. The van der Waals surface area contributed by atoms with Gasteiger partial charge in [-0.15, -0.1) is 0 Å². The Morgan fingerprint density at radius 2 is 0.533 bits per heavy atom. The van der Waals surface area contributed by atoms with E-state index in [0.29, 0.717) is 19.3 Å². The van der Waals surface area contributed by atoms with Gasteiger partial charge in [-0.25, -0.2) is 0 Å². The van der Waals surface area contributed by atoms with E-state index in [4.69, 9.17) is 14.2 Å². The van der Waals surface area contributed by atoms with E-state index in [0.717, 1.165) is 154 Å². The number of hydrogen-bond donors (Lipinski definition) is 0. The Labute approximate surface area is 459 Å². The summed E-state index contributed by atoms with van der Waals surface area (Å²) in [7, 11) is 0. The van der Waals surface area contributed by atoms with Crippen molar-refractivity contribution in [1.29, 1.82) is 0 Å². The molecule has 6 nitrogen and oxygen atoms in total. The number of esters is 3. The van der Waals surface area contributed by atoms with Crippen LogP contribution in [0.1, 0.15) is 213 Å². The summed E-state index contributed by atoms with van der Waals surface area (Å²) < 4.78 is 16.7. The molecule has 0 saturated carbocycles. The molecule has 0 radical (unpaired) electrons. The molecule has 0 spiro atoms. The first-order chi connectivity index (χ1) is 37.0. The van der Waals surface area contributed by atoms with Crippen LogP contribution in [0, 0.1) is 0 Å². The molecular weight excluding hydrogens is 925 g/mol. The molecule has 0 aliphatic carbocycles. The van der Waals surface area contributed by atoms with Crippen LogP contribution in [0.2, 0.25) is 0 Å². The van der Waals surface area contributed by atoms with E-state index >= 15 is 0 Å². The molecule has 0 aromatic heterocycles. The summed E-state index contributed by atoms with van der Waals surface area (Å²) >= 11 is 0. The maximum absolute atomic E-state index is 12.8. The fourth-order valence-electron chi connectivity index (χ4n) is 7.06. The summed E-state index contributed by atoms with van der Waals surface area (Å²) in [6.07, 6.45) is 91.8. The lowest BCUT2D eigenvalue weighted by atomic mass is 10.1. The lowest BCUT2D eigenvalue weighted by Crippen LogP contribution is -2.30. The van der Waals surface area contributed by atoms with Gasteiger partial charge >= 0.3 is 17.9 Å². The van der Waals surface area contributed by atoms with Gasteiger partial charge in [0.1, 0.15) is 13.2 Å². The third-order valence-corrected chi connectivity index (χ3v) is 11.4. The molecule has 0 aromatic carbocycles. The van der Waals surface area contributed by atoms with Gasteiger partial charge in [0.2, 0.25) is 0 Å². The summed E-state index contributed by atoms with van der Waals surface area (Å²) in [6.45, 7) is 6.22. The highest BCUT2D eigenvalue weighted by Crippen LogP contribution is 2.11. The highest BCUT2D eigenvalue weighted by Gasteiger charge is 2.19. The average molecular weight is 1030 g/mol. The largest absolute Gasteiger partial charge is 0.462 e. The second-order valence-corrected chi connectivity index (χ2v) is 18.4. The third-order valence-electron chi connectivity index (χ3n) is 11.4. The second kappa shape index (κ2) is 61.1. The molecule has 6 heteroatoms. The van der Waals surface area contributed by atoms with Crippen molar-refractivity contribution < 1.29 is 28.6 Å². The van der Waals surface area contributed by atoms with E-state index in [1.165, 1.54) is 6.42 Å². The molecule has 0 heterocycles. The standard InChI is InChI=1S/C69H104O6/c1-4-7-10-13-16-19-22-25-27-28-29-30-31-32-33-34-35-36-37-38-39-40-42-44-47-50-53-56-59-62-68(71)74-65-66(64-73-67(70)61-58-55-52-49-46-43-24-21-18-15-12-9-6-3)75-69(72)63-60-57-54-51-48-45-41-26-23-20-17-14-11-8-5-2/h7-8,10-12,15-17,19-21,24-27,29-30,32-33,35-36,38-39,41-42,44,48,50-51,53,66H,4-6,9,13-14,18,22-23,28,31,34,37,40,43,45-47,49,52,54-65H2,1-3H3/b10-7-,11-8-,15-12-,19-16-,20-17-,24-21-,27-25-,30-29-,33-32-,36-35-,39-38-,41-26-,44-42-,51-48-,53-50-. The van der Waals surface area contributed by atoms with E-state index in [1.54, 1.807) is 0 Å². The van der Waals surface area contributed by atoms with Crippen LogP contribution < -0.4 is 0 Å². The monoisotopic (exact) mass is 1030 g/mol. The van der Waals surface area contributed by atoms with Crippen molar-refractivity contribution in [3.63, 3.8) is 0 Å². The molecule has 0 fully saturated rings. The van der Waals surface area contributed by atoms with Crippen molar-refractivity contribution in [2.45, 2.75) is 219 Å². The zero-order valence-electron chi connectivity index (χ0n) is 47.5. The van der Waals surface area contributed by atoms with Gasteiger partial charge in [0.25, 0.3) is 0 Å². The Balaban J connectivity index is 4.51. The van der Waals surface area contributed by atoms with Gasteiger partial charge in [0, 0.05) is 19.3 Å². The molecule has 0 aliphatic rings. The van der Waals surface area contributed by atoms with Crippen LogP contribution in [0.5, 0.6) is 0 Å². The number of carbonyl (C=O) groups is 3. The topological polar surface area (TPSA) is 78.9 Å². The first-order valence-electron chi connectivity index (χ1n) is 29.3. The minimum absolute atomic E-state index is 0.130. The molecule has 0 rings (SSSR count). The van der Waals surface area contributed by atoms with E-state index < -0.39 is 6.10 Å². The Kier molecular flexibility index (Phi) is 56.6. The van der Waals surface area contributed by atoms with Crippen LogP contribution in [0.4, 0.5) is 0 Å². The van der Waals surface area contributed by atoms with E-state index in [1.807, 2.05) is 0 Å². The van der Waals surface area contributed by atoms with Gasteiger partial charge in [0.05, 0.1) is 0 Å².